The number of carbonyl (C=O) groups is 1. The fourth-order valence-electron chi connectivity index (χ4n) is 3.11. The molecule has 2 rings (SSSR count). The van der Waals surface area contributed by atoms with Crippen LogP contribution in [0.2, 0.25) is 0 Å². The fraction of sp³-hybridized carbons (Fsp3) is 0.667. The Morgan fingerprint density at radius 2 is 2.21 bits per heavy atom. The van der Waals surface area contributed by atoms with Gasteiger partial charge in [0.05, 0.1) is 36.6 Å². The lowest BCUT2D eigenvalue weighted by Gasteiger charge is -2.39. The highest BCUT2D eigenvalue weighted by atomic mass is 16.6. The number of hydrogen-bond donors (Lipinski definition) is 2. The van der Waals surface area contributed by atoms with Crippen LogP contribution in [0.3, 0.4) is 0 Å². The van der Waals surface area contributed by atoms with Crippen molar-refractivity contribution in [3.8, 4) is 0 Å². The number of hydrogen-bond acceptors (Lipinski definition) is 6. The van der Waals surface area contributed by atoms with Gasteiger partial charge in [-0.2, -0.15) is 0 Å². The van der Waals surface area contributed by atoms with E-state index < -0.39 is 11.7 Å². The number of nitrogens with two attached hydrogens (primary N) is 1. The number of nitrogen functional groups attached to an aromatic ring is 1. The van der Waals surface area contributed by atoms with Gasteiger partial charge in [-0.1, -0.05) is 6.92 Å². The van der Waals surface area contributed by atoms with Crippen LogP contribution < -0.4 is 5.73 Å². The number of aliphatic hydroxyl groups excluding tert-OH is 1. The summed E-state index contributed by atoms with van der Waals surface area (Å²) in [5.74, 6) is -0.527. The first-order valence-corrected chi connectivity index (χ1v) is 8.46. The summed E-state index contributed by atoms with van der Waals surface area (Å²) >= 11 is 0. The largest absolute Gasteiger partial charge is 0.460 e. The van der Waals surface area contributed by atoms with Crippen molar-refractivity contribution in [3.63, 3.8) is 0 Å². The van der Waals surface area contributed by atoms with Gasteiger partial charge in [-0.25, -0.2) is 0 Å². The molecular weight excluding hydrogens is 308 g/mol. The molecule has 0 aromatic carbocycles. The highest BCUT2D eigenvalue weighted by Gasteiger charge is 2.39. The van der Waals surface area contributed by atoms with Gasteiger partial charge in [0.1, 0.15) is 5.60 Å². The number of pyridine rings is 1. The molecule has 1 aromatic rings. The van der Waals surface area contributed by atoms with E-state index in [1.807, 2.05) is 33.8 Å². The molecule has 3 N–H and O–H groups in total. The van der Waals surface area contributed by atoms with Gasteiger partial charge in [-0.15, -0.1) is 0 Å². The average molecular weight is 336 g/mol. The molecular formula is C18H28N2O4. The molecule has 2 heterocycles. The predicted octanol–water partition coefficient (Wildman–Crippen LogP) is 2.61. The lowest BCUT2D eigenvalue weighted by molar-refractivity contribution is -0.170. The summed E-state index contributed by atoms with van der Waals surface area (Å²) in [5.41, 5.74) is 6.88. The van der Waals surface area contributed by atoms with E-state index in [1.165, 1.54) is 0 Å². The summed E-state index contributed by atoms with van der Waals surface area (Å²) in [6.45, 7) is 7.46. The third-order valence-corrected chi connectivity index (χ3v) is 4.21. The molecule has 0 radical (unpaired) electrons. The maximum atomic E-state index is 12.2. The van der Waals surface area contributed by atoms with Crippen LogP contribution in [-0.4, -0.2) is 33.9 Å². The number of rotatable bonds is 4. The minimum Gasteiger partial charge on any atom is -0.460 e. The van der Waals surface area contributed by atoms with E-state index >= 15 is 0 Å². The van der Waals surface area contributed by atoms with Crippen molar-refractivity contribution >= 4 is 11.7 Å². The molecule has 4 atom stereocenters. The minimum atomic E-state index is -0.693. The van der Waals surface area contributed by atoms with Crippen LogP contribution in [0, 0.1) is 5.92 Å². The molecule has 0 spiro atoms. The highest BCUT2D eigenvalue weighted by molar-refractivity contribution is 5.70. The zero-order valence-electron chi connectivity index (χ0n) is 14.9. The standard InChI is InChI=1S/C18H28N2O4/c1-5-14-17(22)11(9-16(21)24-18(2,3)4)8-15(23-14)12-6-7-20-10-13(12)19/h6-7,10-11,14-15,17,22H,5,8-9,19H2,1-4H3/t11-,14+,15+,17-/m1/s1. The highest BCUT2D eigenvalue weighted by Crippen LogP contribution is 2.39. The van der Waals surface area contributed by atoms with Crippen LogP contribution in [0.4, 0.5) is 5.69 Å². The molecule has 0 unspecified atom stereocenters. The van der Waals surface area contributed by atoms with E-state index in [9.17, 15) is 9.90 Å². The van der Waals surface area contributed by atoms with Crippen LogP contribution in [0.15, 0.2) is 18.5 Å². The number of nitrogens with zero attached hydrogens (tertiary/aromatic N) is 1. The Morgan fingerprint density at radius 3 is 2.79 bits per heavy atom. The summed E-state index contributed by atoms with van der Waals surface area (Å²) in [5, 5.41) is 10.5. The van der Waals surface area contributed by atoms with Crippen LogP contribution in [-0.2, 0) is 14.3 Å². The number of carbonyl (C=O) groups excluding carboxylic acids is 1. The van der Waals surface area contributed by atoms with Crippen LogP contribution >= 0.6 is 0 Å². The van der Waals surface area contributed by atoms with Gasteiger partial charge in [-0.05, 0) is 39.7 Å². The lowest BCUT2D eigenvalue weighted by Crippen LogP contribution is -2.43. The second-order valence-electron chi connectivity index (χ2n) is 7.35. The summed E-state index contributed by atoms with van der Waals surface area (Å²) in [6.07, 6.45) is 3.33. The molecule has 1 fully saturated rings. The van der Waals surface area contributed by atoms with Crippen LogP contribution in [0.5, 0.6) is 0 Å². The van der Waals surface area contributed by atoms with Gasteiger partial charge in [0.15, 0.2) is 0 Å². The zero-order chi connectivity index (χ0) is 17.9. The molecule has 0 saturated carbocycles. The van der Waals surface area contributed by atoms with E-state index in [-0.39, 0.29) is 30.5 Å². The first-order chi connectivity index (χ1) is 11.2. The van der Waals surface area contributed by atoms with E-state index in [0.717, 1.165) is 5.56 Å². The fourth-order valence-corrected chi connectivity index (χ4v) is 3.11. The maximum absolute atomic E-state index is 12.2. The van der Waals surface area contributed by atoms with Crippen molar-refractivity contribution < 1.29 is 19.4 Å². The molecule has 6 heteroatoms. The molecule has 1 aliphatic rings. The van der Waals surface area contributed by atoms with Gasteiger partial charge < -0.3 is 20.3 Å². The smallest absolute Gasteiger partial charge is 0.306 e. The Kier molecular flexibility index (Phi) is 5.83. The zero-order valence-corrected chi connectivity index (χ0v) is 14.9. The van der Waals surface area contributed by atoms with Gasteiger partial charge in [0.2, 0.25) is 0 Å². The van der Waals surface area contributed by atoms with Gasteiger partial charge >= 0.3 is 5.97 Å². The normalized spacial score (nSPS) is 27.7. The van der Waals surface area contributed by atoms with Gasteiger partial charge in [-0.3, -0.25) is 9.78 Å². The molecule has 1 aromatic heterocycles. The monoisotopic (exact) mass is 336 g/mol. The third kappa shape index (κ3) is 4.68. The summed E-state index contributed by atoms with van der Waals surface area (Å²) in [7, 11) is 0. The Morgan fingerprint density at radius 1 is 1.50 bits per heavy atom. The Labute approximate surface area is 143 Å². The van der Waals surface area contributed by atoms with Gasteiger partial charge in [0.25, 0.3) is 0 Å². The molecule has 1 aliphatic heterocycles. The summed E-state index contributed by atoms with van der Waals surface area (Å²) in [6, 6.07) is 1.83. The van der Waals surface area contributed by atoms with E-state index in [0.29, 0.717) is 18.5 Å². The summed E-state index contributed by atoms with van der Waals surface area (Å²) in [4.78, 5) is 16.2. The molecule has 0 bridgehead atoms. The van der Waals surface area contributed by atoms with E-state index in [4.69, 9.17) is 15.2 Å². The topological polar surface area (TPSA) is 94.7 Å². The van der Waals surface area contributed by atoms with E-state index in [1.54, 1.807) is 12.4 Å². The second-order valence-corrected chi connectivity index (χ2v) is 7.35. The average Bonchev–Trinajstić information content (AvgIpc) is 2.48. The molecule has 134 valence electrons. The molecule has 6 nitrogen and oxygen atoms in total. The van der Waals surface area contributed by atoms with Crippen LogP contribution in [0.25, 0.3) is 0 Å². The minimum absolute atomic E-state index is 0.166. The van der Waals surface area contributed by atoms with Crippen molar-refractivity contribution in [2.45, 2.75) is 70.9 Å². The van der Waals surface area contributed by atoms with Crippen LogP contribution in [0.1, 0.15) is 58.6 Å². The van der Waals surface area contributed by atoms with Crippen molar-refractivity contribution in [2.75, 3.05) is 5.73 Å². The number of aromatic nitrogens is 1. The first-order valence-electron chi connectivity index (χ1n) is 8.46. The Bertz CT molecular complexity index is 570. The lowest BCUT2D eigenvalue weighted by atomic mass is 9.83. The number of aliphatic hydroxyl groups is 1. The molecule has 0 aliphatic carbocycles. The molecule has 0 amide bonds. The SMILES string of the molecule is CC[C@@H]1O[C@H](c2ccncc2N)C[C@H](CC(=O)OC(C)(C)C)[C@H]1O. The van der Waals surface area contributed by atoms with E-state index in [2.05, 4.69) is 4.98 Å². The van der Waals surface area contributed by atoms with Crippen molar-refractivity contribution in [1.82, 2.24) is 4.98 Å². The third-order valence-electron chi connectivity index (χ3n) is 4.21. The van der Waals surface area contributed by atoms with Gasteiger partial charge in [0, 0.05) is 17.7 Å². The first kappa shape index (κ1) is 18.7. The summed E-state index contributed by atoms with van der Waals surface area (Å²) < 4.78 is 11.4. The predicted molar refractivity (Wildman–Crippen MR) is 91.1 cm³/mol. The Balaban J connectivity index is 2.14. The quantitative estimate of drug-likeness (QED) is 0.821. The number of esters is 1. The van der Waals surface area contributed by atoms with Crippen molar-refractivity contribution in [3.05, 3.63) is 24.0 Å². The maximum Gasteiger partial charge on any atom is 0.306 e. The second kappa shape index (κ2) is 7.49. The number of anilines is 1. The van der Waals surface area contributed by atoms with Crippen molar-refractivity contribution in [1.29, 1.82) is 0 Å². The molecule has 1 saturated heterocycles. The number of ether oxygens (including phenoxy) is 2. The van der Waals surface area contributed by atoms with Crippen molar-refractivity contribution in [2.24, 2.45) is 5.92 Å². The Hall–Kier alpha value is -1.66. The molecule has 24 heavy (non-hydrogen) atoms.